The molecule has 2 N–H and O–H groups in total. The monoisotopic (exact) mass is 474 g/mol. The van der Waals surface area contributed by atoms with Crippen LogP contribution in [0, 0.1) is 10.9 Å². The Balaban J connectivity index is 1.52. The lowest BCUT2D eigenvalue weighted by Crippen LogP contribution is -2.08. The number of fused-ring (bicyclic) bond motifs is 2. The van der Waals surface area contributed by atoms with Gasteiger partial charge in [-0.2, -0.15) is 9.49 Å². The Hall–Kier alpha value is -4.25. The smallest absolute Gasteiger partial charge is 0.184 e. The van der Waals surface area contributed by atoms with E-state index >= 15 is 4.39 Å². The van der Waals surface area contributed by atoms with E-state index in [1.807, 2.05) is 25.1 Å². The highest BCUT2D eigenvalue weighted by atomic mass is 32.1. The van der Waals surface area contributed by atoms with Gasteiger partial charge in [-0.05, 0) is 24.3 Å². The standard InChI is InChI=1S/C23H16F2N8S/c1-33(2)12-7-11(8-26-9-12)14-10-28-21-17(18(14)25)20(31-32-21)23-29-19-13(5-6-27-22(19)30-23)15-3-4-16(24)34-15/h3-10H,1-2H3,(H,27,29,30)(H,28,31,32). The normalized spacial score (nSPS) is 11.5. The summed E-state index contributed by atoms with van der Waals surface area (Å²) in [5.41, 5.74) is 4.11. The zero-order chi connectivity index (χ0) is 23.4. The maximum absolute atomic E-state index is 15.8. The number of nitrogens with zero attached hydrogens (tertiary/aromatic N) is 6. The Labute approximate surface area is 195 Å². The number of hydrogen-bond acceptors (Lipinski definition) is 7. The van der Waals surface area contributed by atoms with Crippen molar-refractivity contribution >= 4 is 39.2 Å². The highest BCUT2D eigenvalue weighted by molar-refractivity contribution is 7.14. The first-order valence-corrected chi connectivity index (χ1v) is 11.1. The van der Waals surface area contributed by atoms with Crippen molar-refractivity contribution in [3.8, 4) is 33.1 Å². The van der Waals surface area contributed by atoms with E-state index in [4.69, 9.17) is 0 Å². The lowest BCUT2D eigenvalue weighted by atomic mass is 10.1. The van der Waals surface area contributed by atoms with Crippen molar-refractivity contribution < 1.29 is 8.78 Å². The predicted octanol–water partition coefficient (Wildman–Crippen LogP) is 5.03. The van der Waals surface area contributed by atoms with Crippen LogP contribution in [0.25, 0.3) is 55.3 Å². The van der Waals surface area contributed by atoms with Gasteiger partial charge >= 0.3 is 0 Å². The molecule has 0 fully saturated rings. The number of thiophene rings is 1. The van der Waals surface area contributed by atoms with E-state index in [2.05, 4.69) is 35.1 Å². The molecule has 168 valence electrons. The van der Waals surface area contributed by atoms with E-state index in [1.165, 1.54) is 12.3 Å². The number of aromatic nitrogens is 7. The van der Waals surface area contributed by atoms with Crippen LogP contribution in [0.2, 0.25) is 0 Å². The maximum Gasteiger partial charge on any atom is 0.184 e. The van der Waals surface area contributed by atoms with Crippen LogP contribution in [0.1, 0.15) is 0 Å². The Kier molecular flexibility index (Phi) is 4.59. The van der Waals surface area contributed by atoms with Gasteiger partial charge in [0.25, 0.3) is 0 Å². The molecule has 0 amide bonds. The van der Waals surface area contributed by atoms with E-state index in [9.17, 15) is 4.39 Å². The van der Waals surface area contributed by atoms with E-state index in [1.54, 1.807) is 30.7 Å². The number of nitrogens with one attached hydrogen (secondary N) is 2. The van der Waals surface area contributed by atoms with Gasteiger partial charge in [0.15, 0.2) is 22.2 Å². The molecule has 0 aliphatic carbocycles. The van der Waals surface area contributed by atoms with Crippen molar-refractivity contribution in [1.29, 1.82) is 0 Å². The molecule has 0 aliphatic rings. The second kappa shape index (κ2) is 7.66. The van der Waals surface area contributed by atoms with Gasteiger partial charge in [0.2, 0.25) is 0 Å². The van der Waals surface area contributed by atoms with Crippen molar-refractivity contribution in [2.75, 3.05) is 19.0 Å². The number of hydrogen-bond donors (Lipinski definition) is 2. The number of imidazole rings is 1. The van der Waals surface area contributed by atoms with Crippen molar-refractivity contribution in [2.45, 2.75) is 0 Å². The molecular formula is C23H16F2N8S. The zero-order valence-electron chi connectivity index (χ0n) is 18.0. The summed E-state index contributed by atoms with van der Waals surface area (Å²) < 4.78 is 29.4. The van der Waals surface area contributed by atoms with Crippen molar-refractivity contribution in [2.24, 2.45) is 0 Å². The third-order valence-corrected chi connectivity index (χ3v) is 6.44. The van der Waals surface area contributed by atoms with Gasteiger partial charge in [-0.15, -0.1) is 11.3 Å². The van der Waals surface area contributed by atoms with Crippen LogP contribution in [0.15, 0.2) is 49.1 Å². The minimum Gasteiger partial charge on any atom is -0.376 e. The Bertz CT molecular complexity index is 1680. The molecule has 6 rings (SSSR count). The fourth-order valence-electron chi connectivity index (χ4n) is 3.84. The van der Waals surface area contributed by atoms with Crippen LogP contribution in [-0.4, -0.2) is 49.2 Å². The number of H-pyrrole nitrogens is 2. The zero-order valence-corrected chi connectivity index (χ0v) is 18.8. The lowest BCUT2D eigenvalue weighted by Gasteiger charge is -2.13. The minimum absolute atomic E-state index is 0.204. The lowest BCUT2D eigenvalue weighted by molar-refractivity contribution is 0.642. The molecule has 0 radical (unpaired) electrons. The highest BCUT2D eigenvalue weighted by Gasteiger charge is 2.21. The molecule has 0 atom stereocenters. The molecule has 8 nitrogen and oxygen atoms in total. The average molecular weight is 475 g/mol. The molecule has 0 saturated heterocycles. The second-order valence-corrected chi connectivity index (χ2v) is 8.89. The number of rotatable bonds is 4. The molecule has 34 heavy (non-hydrogen) atoms. The van der Waals surface area contributed by atoms with E-state index < -0.39 is 5.82 Å². The van der Waals surface area contributed by atoms with Gasteiger partial charge in [-0.25, -0.2) is 19.3 Å². The molecule has 0 saturated carbocycles. The van der Waals surface area contributed by atoms with Crippen molar-refractivity contribution in [1.82, 2.24) is 35.1 Å². The molecule has 11 heteroatoms. The molecule has 0 aromatic carbocycles. The Morgan fingerprint density at radius 3 is 2.65 bits per heavy atom. The van der Waals surface area contributed by atoms with Gasteiger partial charge in [0.05, 0.1) is 22.8 Å². The predicted molar refractivity (Wildman–Crippen MR) is 128 cm³/mol. The first-order valence-electron chi connectivity index (χ1n) is 10.3. The summed E-state index contributed by atoms with van der Waals surface area (Å²) in [7, 11) is 3.78. The van der Waals surface area contributed by atoms with Crippen LogP contribution in [0.5, 0.6) is 0 Å². The Morgan fingerprint density at radius 1 is 0.971 bits per heavy atom. The summed E-state index contributed by atoms with van der Waals surface area (Å²) in [5.74, 6) is -0.132. The maximum atomic E-state index is 15.8. The molecule has 0 unspecified atom stereocenters. The van der Waals surface area contributed by atoms with Gasteiger partial charge in [-0.1, -0.05) is 0 Å². The van der Waals surface area contributed by atoms with Crippen LogP contribution in [0.3, 0.4) is 0 Å². The molecule has 0 aliphatic heterocycles. The molecule has 6 aromatic rings. The molecule has 6 aromatic heterocycles. The molecule has 0 bridgehead atoms. The number of pyridine rings is 3. The number of aromatic amines is 2. The van der Waals surface area contributed by atoms with Gasteiger partial charge in [0.1, 0.15) is 11.5 Å². The minimum atomic E-state index is -0.486. The summed E-state index contributed by atoms with van der Waals surface area (Å²) in [6, 6.07) is 6.74. The third kappa shape index (κ3) is 3.20. The summed E-state index contributed by atoms with van der Waals surface area (Å²) in [6.45, 7) is 0. The first kappa shape index (κ1) is 20.4. The van der Waals surface area contributed by atoms with Gasteiger partial charge in [0, 0.05) is 54.3 Å². The fourth-order valence-corrected chi connectivity index (χ4v) is 4.60. The average Bonchev–Trinajstić information content (AvgIpc) is 3.56. The topological polar surface area (TPSA) is 99.3 Å². The SMILES string of the molecule is CN(C)c1cncc(-c2cnc3n[nH]c(-c4nc5nccc(-c6ccc(F)s6)c5[nH]4)c3c2F)c1. The third-order valence-electron chi connectivity index (χ3n) is 5.54. The second-order valence-electron chi connectivity index (χ2n) is 7.86. The number of halogens is 2. The fraction of sp³-hybridized carbons (Fsp3) is 0.0870. The van der Waals surface area contributed by atoms with Crippen LogP contribution in [-0.2, 0) is 0 Å². The van der Waals surface area contributed by atoms with Crippen LogP contribution >= 0.6 is 11.3 Å². The highest BCUT2D eigenvalue weighted by Crippen LogP contribution is 2.35. The van der Waals surface area contributed by atoms with Crippen molar-refractivity contribution in [3.63, 3.8) is 0 Å². The molecule has 6 heterocycles. The van der Waals surface area contributed by atoms with Gasteiger partial charge in [-0.3, -0.25) is 10.1 Å². The quantitative estimate of drug-likeness (QED) is 0.372. The van der Waals surface area contributed by atoms with Crippen LogP contribution in [0.4, 0.5) is 14.5 Å². The Morgan fingerprint density at radius 2 is 1.85 bits per heavy atom. The summed E-state index contributed by atoms with van der Waals surface area (Å²) >= 11 is 1.03. The summed E-state index contributed by atoms with van der Waals surface area (Å²) in [6.07, 6.45) is 6.35. The summed E-state index contributed by atoms with van der Waals surface area (Å²) in [5, 5.41) is 6.93. The largest absolute Gasteiger partial charge is 0.376 e. The van der Waals surface area contributed by atoms with Gasteiger partial charge < -0.3 is 9.88 Å². The molecule has 0 spiro atoms. The van der Waals surface area contributed by atoms with E-state index in [0.717, 1.165) is 27.5 Å². The van der Waals surface area contributed by atoms with E-state index in [-0.39, 0.29) is 16.2 Å². The van der Waals surface area contributed by atoms with Crippen molar-refractivity contribution in [3.05, 3.63) is 60.0 Å². The summed E-state index contributed by atoms with van der Waals surface area (Å²) in [4.78, 5) is 23.2. The number of anilines is 1. The van der Waals surface area contributed by atoms with E-state index in [0.29, 0.717) is 33.8 Å². The first-order chi connectivity index (χ1) is 16.5. The van der Waals surface area contributed by atoms with Crippen LogP contribution < -0.4 is 4.90 Å². The molecular weight excluding hydrogens is 458 g/mol.